The van der Waals surface area contributed by atoms with Crippen molar-refractivity contribution in [1.29, 1.82) is 0 Å². The van der Waals surface area contributed by atoms with E-state index in [9.17, 15) is 4.79 Å². The van der Waals surface area contributed by atoms with Gasteiger partial charge in [-0.15, -0.1) is 0 Å². The van der Waals surface area contributed by atoms with Crippen LogP contribution in [0.3, 0.4) is 0 Å². The van der Waals surface area contributed by atoms with Gasteiger partial charge in [-0.25, -0.2) is 0 Å². The molecule has 0 bridgehead atoms. The maximum Gasteiger partial charge on any atom is 0.244 e. The van der Waals surface area contributed by atoms with Crippen LogP contribution in [0.4, 0.5) is 0 Å². The van der Waals surface area contributed by atoms with Crippen LogP contribution in [-0.4, -0.2) is 19.1 Å². The van der Waals surface area contributed by atoms with Crippen molar-refractivity contribution in [2.75, 3.05) is 13.2 Å². The summed E-state index contributed by atoms with van der Waals surface area (Å²) < 4.78 is 5.48. The van der Waals surface area contributed by atoms with Crippen LogP contribution in [0.15, 0.2) is 60.7 Å². The summed E-state index contributed by atoms with van der Waals surface area (Å²) in [5.41, 5.74) is 0.926. The molecule has 108 valence electrons. The van der Waals surface area contributed by atoms with E-state index in [1.165, 1.54) is 6.08 Å². The minimum atomic E-state index is -0.151. The van der Waals surface area contributed by atoms with E-state index in [1.54, 1.807) is 18.2 Å². The van der Waals surface area contributed by atoms with E-state index in [4.69, 9.17) is 16.3 Å². The highest BCUT2D eigenvalue weighted by Gasteiger charge is 1.96. The van der Waals surface area contributed by atoms with Crippen LogP contribution >= 0.6 is 11.6 Å². The highest BCUT2D eigenvalue weighted by Crippen LogP contribution is 2.10. The normalized spacial score (nSPS) is 10.5. The molecule has 0 radical (unpaired) electrons. The second kappa shape index (κ2) is 8.12. The molecule has 0 heterocycles. The fourth-order valence-electron chi connectivity index (χ4n) is 1.66. The van der Waals surface area contributed by atoms with Gasteiger partial charge in [0.15, 0.2) is 0 Å². The number of carbonyl (C=O) groups is 1. The number of carbonyl (C=O) groups excluding carboxylic acids is 1. The molecule has 3 nitrogen and oxygen atoms in total. The molecule has 0 aromatic heterocycles. The number of nitrogens with one attached hydrogen (secondary N) is 1. The highest BCUT2D eigenvalue weighted by molar-refractivity contribution is 6.30. The number of hydrogen-bond acceptors (Lipinski definition) is 2. The molecule has 0 spiro atoms. The number of rotatable bonds is 6. The van der Waals surface area contributed by atoms with Gasteiger partial charge in [0.25, 0.3) is 0 Å². The largest absolute Gasteiger partial charge is 0.492 e. The molecule has 2 rings (SSSR count). The van der Waals surface area contributed by atoms with Gasteiger partial charge in [0, 0.05) is 11.1 Å². The number of benzene rings is 2. The van der Waals surface area contributed by atoms with Crippen molar-refractivity contribution in [2.24, 2.45) is 0 Å². The van der Waals surface area contributed by atoms with Crippen LogP contribution in [0.1, 0.15) is 5.56 Å². The van der Waals surface area contributed by atoms with Crippen LogP contribution in [0.25, 0.3) is 6.08 Å². The number of para-hydroxylation sites is 1. The summed E-state index contributed by atoms with van der Waals surface area (Å²) in [4.78, 5) is 11.6. The highest BCUT2D eigenvalue weighted by atomic mass is 35.5. The van der Waals surface area contributed by atoms with Gasteiger partial charge in [-0.3, -0.25) is 4.79 Å². The number of halogens is 1. The van der Waals surface area contributed by atoms with Crippen LogP contribution in [0.2, 0.25) is 5.02 Å². The lowest BCUT2D eigenvalue weighted by Crippen LogP contribution is -2.26. The van der Waals surface area contributed by atoms with Gasteiger partial charge in [-0.05, 0) is 35.9 Å². The Morgan fingerprint density at radius 3 is 2.52 bits per heavy atom. The van der Waals surface area contributed by atoms with Crippen molar-refractivity contribution in [1.82, 2.24) is 5.32 Å². The van der Waals surface area contributed by atoms with Crippen molar-refractivity contribution < 1.29 is 9.53 Å². The Hall–Kier alpha value is -2.26. The summed E-state index contributed by atoms with van der Waals surface area (Å²) in [7, 11) is 0. The molecule has 0 aliphatic rings. The molecule has 0 unspecified atom stereocenters. The van der Waals surface area contributed by atoms with Crippen molar-refractivity contribution in [3.63, 3.8) is 0 Å². The standard InChI is InChI=1S/C17H16ClNO2/c18-15-9-6-14(7-10-15)8-11-17(20)19-12-13-21-16-4-2-1-3-5-16/h1-11H,12-13H2,(H,19,20)/b11-8+. The van der Waals surface area contributed by atoms with Crippen LogP contribution < -0.4 is 10.1 Å². The Bertz CT molecular complexity index is 594. The van der Waals surface area contributed by atoms with Gasteiger partial charge < -0.3 is 10.1 Å². The van der Waals surface area contributed by atoms with E-state index in [2.05, 4.69) is 5.32 Å². The summed E-state index contributed by atoms with van der Waals surface area (Å²) in [5, 5.41) is 3.43. The van der Waals surface area contributed by atoms with E-state index in [1.807, 2.05) is 42.5 Å². The first-order chi connectivity index (χ1) is 10.2. The maximum atomic E-state index is 11.6. The first-order valence-electron chi connectivity index (χ1n) is 6.63. The summed E-state index contributed by atoms with van der Waals surface area (Å²) in [6.07, 6.45) is 3.23. The fraction of sp³-hybridized carbons (Fsp3) is 0.118. The average molecular weight is 302 g/mol. The van der Waals surface area contributed by atoms with Gasteiger partial charge in [-0.1, -0.05) is 41.9 Å². The molecule has 1 N–H and O–H groups in total. The Morgan fingerprint density at radius 2 is 1.81 bits per heavy atom. The first-order valence-corrected chi connectivity index (χ1v) is 7.01. The lowest BCUT2D eigenvalue weighted by Gasteiger charge is -2.06. The summed E-state index contributed by atoms with van der Waals surface area (Å²) in [6.45, 7) is 0.892. The minimum Gasteiger partial charge on any atom is -0.492 e. The Morgan fingerprint density at radius 1 is 1.10 bits per heavy atom. The van der Waals surface area contributed by atoms with E-state index in [-0.39, 0.29) is 5.91 Å². The molecule has 0 fully saturated rings. The van der Waals surface area contributed by atoms with E-state index in [0.29, 0.717) is 18.2 Å². The molecule has 2 aromatic rings. The molecule has 2 aromatic carbocycles. The van der Waals surface area contributed by atoms with Crippen LogP contribution in [0, 0.1) is 0 Å². The zero-order valence-corrected chi connectivity index (χ0v) is 12.2. The molecule has 4 heteroatoms. The number of hydrogen-bond donors (Lipinski definition) is 1. The molecule has 0 aliphatic heterocycles. The van der Waals surface area contributed by atoms with E-state index in [0.717, 1.165) is 11.3 Å². The second-order valence-electron chi connectivity index (χ2n) is 4.34. The third-order valence-corrected chi connectivity index (χ3v) is 2.96. The summed E-state index contributed by atoms with van der Waals surface area (Å²) >= 11 is 5.79. The Kier molecular flexibility index (Phi) is 5.85. The lowest BCUT2D eigenvalue weighted by atomic mass is 10.2. The first kappa shape index (κ1) is 15.1. The third-order valence-electron chi connectivity index (χ3n) is 2.71. The molecule has 0 saturated carbocycles. The van der Waals surface area contributed by atoms with Crippen LogP contribution in [0.5, 0.6) is 5.75 Å². The van der Waals surface area contributed by atoms with Crippen LogP contribution in [-0.2, 0) is 4.79 Å². The van der Waals surface area contributed by atoms with Gasteiger partial charge in [-0.2, -0.15) is 0 Å². The number of ether oxygens (including phenoxy) is 1. The minimum absolute atomic E-state index is 0.151. The molecule has 1 amide bonds. The summed E-state index contributed by atoms with van der Waals surface area (Å²) in [6, 6.07) is 16.8. The van der Waals surface area contributed by atoms with Crippen molar-refractivity contribution in [2.45, 2.75) is 0 Å². The van der Waals surface area contributed by atoms with Crippen molar-refractivity contribution in [3.8, 4) is 5.75 Å². The number of amides is 1. The molecule has 0 saturated heterocycles. The molecular weight excluding hydrogens is 286 g/mol. The zero-order valence-electron chi connectivity index (χ0n) is 11.5. The smallest absolute Gasteiger partial charge is 0.244 e. The van der Waals surface area contributed by atoms with Crippen molar-refractivity contribution >= 4 is 23.6 Å². The predicted molar refractivity (Wildman–Crippen MR) is 85.4 cm³/mol. The van der Waals surface area contributed by atoms with Gasteiger partial charge in [0.2, 0.25) is 5.91 Å². The SMILES string of the molecule is O=C(/C=C/c1ccc(Cl)cc1)NCCOc1ccccc1. The quantitative estimate of drug-likeness (QED) is 0.654. The summed E-state index contributed by atoms with van der Waals surface area (Å²) in [5.74, 6) is 0.644. The topological polar surface area (TPSA) is 38.3 Å². The Labute approximate surface area is 129 Å². The van der Waals surface area contributed by atoms with Gasteiger partial charge >= 0.3 is 0 Å². The van der Waals surface area contributed by atoms with Crippen molar-refractivity contribution in [3.05, 3.63) is 71.3 Å². The van der Waals surface area contributed by atoms with E-state index < -0.39 is 0 Å². The zero-order chi connectivity index (χ0) is 14.9. The molecular formula is C17H16ClNO2. The van der Waals surface area contributed by atoms with Gasteiger partial charge in [0.05, 0.1) is 6.54 Å². The fourth-order valence-corrected chi connectivity index (χ4v) is 1.79. The maximum absolute atomic E-state index is 11.6. The average Bonchev–Trinajstić information content (AvgIpc) is 2.52. The lowest BCUT2D eigenvalue weighted by molar-refractivity contribution is -0.116. The monoisotopic (exact) mass is 301 g/mol. The molecule has 0 atom stereocenters. The second-order valence-corrected chi connectivity index (χ2v) is 4.77. The van der Waals surface area contributed by atoms with Gasteiger partial charge in [0.1, 0.15) is 12.4 Å². The Balaban J connectivity index is 1.69. The molecule has 0 aliphatic carbocycles. The van der Waals surface area contributed by atoms with E-state index >= 15 is 0 Å². The third kappa shape index (κ3) is 5.71. The molecule has 21 heavy (non-hydrogen) atoms. The predicted octanol–water partition coefficient (Wildman–Crippen LogP) is 3.55.